The summed E-state index contributed by atoms with van der Waals surface area (Å²) in [6.45, 7) is 0. The van der Waals surface area contributed by atoms with Crippen LogP contribution in [0.1, 0.15) is 0 Å². The standard InChI is InChI=1S/C9H12N2O5/c1-15-8(12)6-3-4-9(16-2,11(13)14)7(10)5-6/h3-5,7H,10H2,1-2H3. The van der Waals surface area contributed by atoms with Gasteiger partial charge in [-0.1, -0.05) is 0 Å². The molecule has 2 atom stereocenters. The van der Waals surface area contributed by atoms with Crippen LogP contribution < -0.4 is 5.73 Å². The van der Waals surface area contributed by atoms with Gasteiger partial charge in [0.15, 0.2) is 0 Å². The van der Waals surface area contributed by atoms with Crippen LogP contribution in [0.5, 0.6) is 0 Å². The Bertz CT molecular complexity index is 376. The van der Waals surface area contributed by atoms with Gasteiger partial charge in [-0.3, -0.25) is 10.1 Å². The first kappa shape index (κ1) is 12.3. The summed E-state index contributed by atoms with van der Waals surface area (Å²) < 4.78 is 9.28. The second-order valence-electron chi connectivity index (χ2n) is 3.19. The fraction of sp³-hybridized carbons (Fsp3) is 0.444. The van der Waals surface area contributed by atoms with E-state index in [1.54, 1.807) is 0 Å². The van der Waals surface area contributed by atoms with E-state index >= 15 is 0 Å². The lowest BCUT2D eigenvalue weighted by Crippen LogP contribution is -2.54. The zero-order valence-corrected chi connectivity index (χ0v) is 8.88. The van der Waals surface area contributed by atoms with E-state index in [2.05, 4.69) is 4.74 Å². The summed E-state index contributed by atoms with van der Waals surface area (Å²) in [5.41, 5.74) is 3.96. The molecule has 2 unspecified atom stereocenters. The molecule has 1 aliphatic rings. The van der Waals surface area contributed by atoms with Gasteiger partial charge in [0.05, 0.1) is 17.6 Å². The minimum absolute atomic E-state index is 0.171. The van der Waals surface area contributed by atoms with E-state index in [9.17, 15) is 14.9 Å². The van der Waals surface area contributed by atoms with E-state index in [4.69, 9.17) is 10.5 Å². The molecule has 1 rings (SSSR count). The van der Waals surface area contributed by atoms with Crippen molar-refractivity contribution in [3.63, 3.8) is 0 Å². The van der Waals surface area contributed by atoms with Crippen LogP contribution in [0.4, 0.5) is 0 Å². The number of hydrogen-bond donors (Lipinski definition) is 1. The Morgan fingerprint density at radius 2 is 2.25 bits per heavy atom. The molecule has 0 fully saturated rings. The van der Waals surface area contributed by atoms with Gasteiger partial charge < -0.3 is 15.2 Å². The quantitative estimate of drug-likeness (QED) is 0.305. The summed E-state index contributed by atoms with van der Waals surface area (Å²) >= 11 is 0. The predicted molar refractivity (Wildman–Crippen MR) is 53.9 cm³/mol. The SMILES string of the molecule is COC(=O)C1=CC(N)C(OC)([N+](=O)[O-])C=C1. The molecule has 0 aliphatic heterocycles. The Balaban J connectivity index is 3.04. The highest BCUT2D eigenvalue weighted by Crippen LogP contribution is 2.24. The molecule has 2 N–H and O–H groups in total. The third-order valence-electron chi connectivity index (χ3n) is 2.37. The number of nitrogens with zero attached hydrogens (tertiary/aromatic N) is 1. The number of ether oxygens (including phenoxy) is 2. The van der Waals surface area contributed by atoms with Gasteiger partial charge in [-0.25, -0.2) is 4.79 Å². The highest BCUT2D eigenvalue weighted by molar-refractivity contribution is 5.92. The fourth-order valence-electron chi connectivity index (χ4n) is 1.40. The van der Waals surface area contributed by atoms with Crippen LogP contribution in [0.15, 0.2) is 23.8 Å². The van der Waals surface area contributed by atoms with E-state index in [0.29, 0.717) is 0 Å². The lowest BCUT2D eigenvalue weighted by molar-refractivity contribution is -0.612. The topological polar surface area (TPSA) is 105 Å². The van der Waals surface area contributed by atoms with Crippen molar-refractivity contribution in [3.8, 4) is 0 Å². The number of esters is 1. The van der Waals surface area contributed by atoms with Crippen molar-refractivity contribution in [2.24, 2.45) is 5.73 Å². The molecular weight excluding hydrogens is 216 g/mol. The number of carbonyl (C=O) groups is 1. The maximum atomic E-state index is 11.2. The molecular formula is C9H12N2O5. The molecule has 0 aromatic heterocycles. The number of nitro groups is 1. The van der Waals surface area contributed by atoms with Gasteiger partial charge in [-0.05, 0) is 12.2 Å². The van der Waals surface area contributed by atoms with Crippen molar-refractivity contribution in [3.05, 3.63) is 33.9 Å². The Morgan fingerprint density at radius 1 is 1.62 bits per heavy atom. The average Bonchev–Trinajstić information content (AvgIpc) is 2.27. The first-order valence-electron chi connectivity index (χ1n) is 4.42. The van der Waals surface area contributed by atoms with Crippen molar-refractivity contribution in [1.82, 2.24) is 0 Å². The van der Waals surface area contributed by atoms with E-state index in [0.717, 1.165) is 6.08 Å². The van der Waals surface area contributed by atoms with Gasteiger partial charge in [0.2, 0.25) is 0 Å². The van der Waals surface area contributed by atoms with Crippen molar-refractivity contribution >= 4 is 5.97 Å². The number of nitrogens with two attached hydrogens (primary N) is 1. The van der Waals surface area contributed by atoms with E-state index < -0.39 is 22.7 Å². The molecule has 16 heavy (non-hydrogen) atoms. The first-order valence-corrected chi connectivity index (χ1v) is 4.42. The maximum absolute atomic E-state index is 11.2. The van der Waals surface area contributed by atoms with Gasteiger partial charge in [0, 0.05) is 13.2 Å². The normalized spacial score (nSPS) is 28.4. The Morgan fingerprint density at radius 3 is 2.62 bits per heavy atom. The Hall–Kier alpha value is -1.73. The second kappa shape index (κ2) is 4.42. The Kier molecular flexibility index (Phi) is 3.41. The first-order chi connectivity index (χ1) is 7.47. The number of hydrogen-bond acceptors (Lipinski definition) is 6. The molecule has 0 aromatic carbocycles. The van der Waals surface area contributed by atoms with Crippen LogP contribution in [0, 0.1) is 10.1 Å². The largest absolute Gasteiger partial charge is 0.465 e. The van der Waals surface area contributed by atoms with Crippen LogP contribution >= 0.6 is 0 Å². The molecule has 0 heterocycles. The molecule has 0 aromatic rings. The molecule has 0 saturated heterocycles. The molecule has 88 valence electrons. The number of methoxy groups -OCH3 is 2. The van der Waals surface area contributed by atoms with Crippen molar-refractivity contribution in [1.29, 1.82) is 0 Å². The summed E-state index contributed by atoms with van der Waals surface area (Å²) in [6.07, 6.45) is 3.66. The van der Waals surface area contributed by atoms with E-state index in [-0.39, 0.29) is 5.57 Å². The molecule has 0 saturated carbocycles. The third kappa shape index (κ3) is 1.82. The number of carbonyl (C=O) groups excluding carboxylic acids is 1. The summed E-state index contributed by atoms with van der Waals surface area (Å²) in [6, 6.07) is -1.05. The van der Waals surface area contributed by atoms with Crippen LogP contribution in [-0.4, -0.2) is 36.9 Å². The Labute approximate surface area is 91.7 Å². The van der Waals surface area contributed by atoms with Crippen LogP contribution in [-0.2, 0) is 14.3 Å². The van der Waals surface area contributed by atoms with Crippen molar-refractivity contribution in [2.75, 3.05) is 14.2 Å². The van der Waals surface area contributed by atoms with Crippen LogP contribution in [0.25, 0.3) is 0 Å². The molecule has 7 nitrogen and oxygen atoms in total. The molecule has 7 heteroatoms. The smallest absolute Gasteiger partial charge is 0.363 e. The summed E-state index contributed by atoms with van der Waals surface area (Å²) in [4.78, 5) is 21.4. The minimum atomic E-state index is -1.82. The lowest BCUT2D eigenvalue weighted by atomic mass is 9.95. The molecule has 0 bridgehead atoms. The van der Waals surface area contributed by atoms with Crippen LogP contribution in [0.2, 0.25) is 0 Å². The molecule has 1 aliphatic carbocycles. The summed E-state index contributed by atoms with van der Waals surface area (Å²) in [7, 11) is 2.40. The van der Waals surface area contributed by atoms with E-state index in [1.165, 1.54) is 26.4 Å². The zero-order valence-electron chi connectivity index (χ0n) is 8.88. The maximum Gasteiger partial charge on any atom is 0.363 e. The van der Waals surface area contributed by atoms with Crippen LogP contribution in [0.3, 0.4) is 0 Å². The summed E-state index contributed by atoms with van der Waals surface area (Å²) in [5.74, 6) is -0.597. The minimum Gasteiger partial charge on any atom is -0.465 e. The van der Waals surface area contributed by atoms with Gasteiger partial charge in [0.25, 0.3) is 0 Å². The highest BCUT2D eigenvalue weighted by Gasteiger charge is 2.48. The van der Waals surface area contributed by atoms with Gasteiger partial charge in [-0.2, -0.15) is 0 Å². The van der Waals surface area contributed by atoms with E-state index in [1.807, 2.05) is 0 Å². The zero-order chi connectivity index (χ0) is 12.3. The fourth-order valence-corrected chi connectivity index (χ4v) is 1.40. The van der Waals surface area contributed by atoms with Gasteiger partial charge in [-0.15, -0.1) is 0 Å². The highest BCUT2D eigenvalue weighted by atomic mass is 16.7. The number of rotatable bonds is 3. The molecule has 0 amide bonds. The average molecular weight is 228 g/mol. The van der Waals surface area contributed by atoms with Gasteiger partial charge in [0.1, 0.15) is 6.04 Å². The lowest BCUT2D eigenvalue weighted by Gasteiger charge is -2.26. The molecule has 0 radical (unpaired) electrons. The van der Waals surface area contributed by atoms with Crippen molar-refractivity contribution in [2.45, 2.75) is 11.8 Å². The van der Waals surface area contributed by atoms with Crippen molar-refractivity contribution < 1.29 is 19.2 Å². The summed E-state index contributed by atoms with van der Waals surface area (Å²) in [5, 5.41) is 10.9. The molecule has 0 spiro atoms. The third-order valence-corrected chi connectivity index (χ3v) is 2.37. The second-order valence-corrected chi connectivity index (χ2v) is 3.19. The predicted octanol–water partition coefficient (Wildman–Crippen LogP) is -0.398. The monoisotopic (exact) mass is 228 g/mol. The van der Waals surface area contributed by atoms with Gasteiger partial charge >= 0.3 is 11.7 Å².